The van der Waals surface area contributed by atoms with Crippen molar-refractivity contribution in [1.82, 2.24) is 4.90 Å². The molecule has 1 heterocycles. The highest BCUT2D eigenvalue weighted by Gasteiger charge is 2.19. The molecule has 0 radical (unpaired) electrons. The molecule has 9 heteroatoms. The van der Waals surface area contributed by atoms with E-state index in [0.717, 1.165) is 37.9 Å². The number of benzene rings is 2. The van der Waals surface area contributed by atoms with Gasteiger partial charge in [-0.3, -0.25) is 4.72 Å². The Morgan fingerprint density at radius 3 is 2.39 bits per heavy atom. The van der Waals surface area contributed by atoms with E-state index < -0.39 is 15.8 Å². The largest absolute Gasteiger partial charge is 0.384 e. The van der Waals surface area contributed by atoms with Gasteiger partial charge in [0.05, 0.1) is 16.3 Å². The number of halogens is 2. The quantitative estimate of drug-likeness (QED) is 0.739. The van der Waals surface area contributed by atoms with Crippen molar-refractivity contribution in [2.45, 2.75) is 11.8 Å². The van der Waals surface area contributed by atoms with Crippen LogP contribution >= 0.6 is 12.4 Å². The van der Waals surface area contributed by atoms with Crippen molar-refractivity contribution < 1.29 is 12.8 Å². The Morgan fingerprint density at radius 1 is 1.04 bits per heavy atom. The van der Waals surface area contributed by atoms with Crippen LogP contribution in [-0.4, -0.2) is 53.1 Å². The van der Waals surface area contributed by atoms with Gasteiger partial charge in [-0.25, -0.2) is 12.8 Å². The summed E-state index contributed by atoms with van der Waals surface area (Å²) in [5.41, 5.74) is 2.20. The van der Waals surface area contributed by atoms with Crippen LogP contribution in [0, 0.1) is 5.82 Å². The predicted octanol–water partition coefficient (Wildman–Crippen LogP) is 3.23. The van der Waals surface area contributed by atoms with Crippen LogP contribution < -0.4 is 14.9 Å². The van der Waals surface area contributed by atoms with Gasteiger partial charge in [-0.05, 0) is 50.4 Å². The van der Waals surface area contributed by atoms with Gasteiger partial charge in [0.1, 0.15) is 5.82 Å². The lowest BCUT2D eigenvalue weighted by molar-refractivity contribution is 0.313. The second-order valence-corrected chi connectivity index (χ2v) is 8.30. The number of anilines is 3. The van der Waals surface area contributed by atoms with Gasteiger partial charge < -0.3 is 15.1 Å². The maximum atomic E-state index is 13.4. The van der Waals surface area contributed by atoms with Crippen LogP contribution in [0.25, 0.3) is 0 Å². The van der Waals surface area contributed by atoms with Crippen molar-refractivity contribution >= 4 is 39.5 Å². The number of sulfonamides is 1. The number of piperazine rings is 1. The van der Waals surface area contributed by atoms with Gasteiger partial charge in [0.15, 0.2) is 0 Å². The highest BCUT2D eigenvalue weighted by atomic mass is 35.5. The fraction of sp³-hybridized carbons (Fsp3) is 0.368. The molecule has 0 aliphatic carbocycles. The van der Waals surface area contributed by atoms with Gasteiger partial charge in [-0.15, -0.1) is 12.4 Å². The zero-order valence-electron chi connectivity index (χ0n) is 16.0. The zero-order chi connectivity index (χ0) is 19.4. The number of nitrogens with one attached hydrogen (secondary N) is 2. The summed E-state index contributed by atoms with van der Waals surface area (Å²) in [7, 11) is -1.77. The molecule has 2 aromatic carbocycles. The van der Waals surface area contributed by atoms with E-state index in [0.29, 0.717) is 17.9 Å². The third-order valence-electron chi connectivity index (χ3n) is 4.59. The van der Waals surface area contributed by atoms with Crippen LogP contribution in [0.4, 0.5) is 21.5 Å². The molecule has 0 saturated carbocycles. The summed E-state index contributed by atoms with van der Waals surface area (Å²) in [6.07, 6.45) is 0. The number of likely N-dealkylation sites (N-methyl/N-ethyl adjacent to an activating group) is 1. The molecule has 1 saturated heterocycles. The molecule has 28 heavy (non-hydrogen) atoms. The highest BCUT2D eigenvalue weighted by Crippen LogP contribution is 2.30. The van der Waals surface area contributed by atoms with E-state index in [9.17, 15) is 12.8 Å². The van der Waals surface area contributed by atoms with E-state index in [2.05, 4.69) is 26.9 Å². The highest BCUT2D eigenvalue weighted by molar-refractivity contribution is 7.92. The number of hydrogen-bond donors (Lipinski definition) is 2. The standard InChI is InChI=1S/C19H25FN4O2S.ClH/c1-3-21-19-14-16(24-11-9-23(2)10-12-24)7-8-18(19)22-27(25,26)17-6-4-5-15(20)13-17;/h4-8,13-14,21-22H,3,9-12H2,1-2H3;1H. The lowest BCUT2D eigenvalue weighted by Gasteiger charge is -2.34. The van der Waals surface area contributed by atoms with E-state index in [1.807, 2.05) is 19.1 Å². The third kappa shape index (κ3) is 5.27. The molecule has 1 fully saturated rings. The lowest BCUT2D eigenvalue weighted by atomic mass is 10.2. The fourth-order valence-corrected chi connectivity index (χ4v) is 4.17. The van der Waals surface area contributed by atoms with Crippen molar-refractivity contribution in [3.63, 3.8) is 0 Å². The Morgan fingerprint density at radius 2 is 1.75 bits per heavy atom. The van der Waals surface area contributed by atoms with Crippen molar-refractivity contribution in [2.24, 2.45) is 0 Å². The Bertz CT molecular complexity index is 903. The van der Waals surface area contributed by atoms with Gasteiger partial charge in [0, 0.05) is 38.4 Å². The first-order valence-corrected chi connectivity index (χ1v) is 10.5. The minimum absolute atomic E-state index is 0. The second kappa shape index (κ2) is 9.45. The molecule has 1 aliphatic rings. The molecular formula is C19H26ClFN4O2S. The van der Waals surface area contributed by atoms with Crippen LogP contribution in [0.1, 0.15) is 6.92 Å². The van der Waals surface area contributed by atoms with Crippen molar-refractivity contribution in [2.75, 3.05) is 54.7 Å². The summed E-state index contributed by atoms with van der Waals surface area (Å²) in [6.45, 7) is 6.44. The third-order valence-corrected chi connectivity index (χ3v) is 5.95. The van der Waals surface area contributed by atoms with Crippen molar-refractivity contribution in [3.05, 3.63) is 48.3 Å². The SMILES string of the molecule is CCNc1cc(N2CCN(C)CC2)ccc1NS(=O)(=O)c1cccc(F)c1.Cl. The molecule has 0 unspecified atom stereocenters. The molecule has 2 N–H and O–H groups in total. The summed E-state index contributed by atoms with van der Waals surface area (Å²) in [5.74, 6) is -0.588. The Balaban J connectivity index is 0.00000280. The van der Waals surface area contributed by atoms with Crippen LogP contribution in [0.5, 0.6) is 0 Å². The summed E-state index contributed by atoms with van der Waals surface area (Å²) in [5, 5.41) is 3.21. The monoisotopic (exact) mass is 428 g/mol. The van der Waals surface area contributed by atoms with Gasteiger partial charge in [-0.2, -0.15) is 0 Å². The van der Waals surface area contributed by atoms with Gasteiger partial charge >= 0.3 is 0 Å². The second-order valence-electron chi connectivity index (χ2n) is 6.61. The maximum absolute atomic E-state index is 13.4. The number of nitrogens with zero attached hydrogens (tertiary/aromatic N) is 2. The molecule has 6 nitrogen and oxygen atoms in total. The molecule has 0 atom stereocenters. The van der Waals surface area contributed by atoms with Gasteiger partial charge in [0.25, 0.3) is 10.0 Å². The molecule has 0 aromatic heterocycles. The van der Waals surface area contributed by atoms with Gasteiger partial charge in [-0.1, -0.05) is 6.07 Å². The average molecular weight is 429 g/mol. The summed E-state index contributed by atoms with van der Waals surface area (Å²) < 4.78 is 41.2. The average Bonchev–Trinajstić information content (AvgIpc) is 2.64. The van der Waals surface area contributed by atoms with E-state index >= 15 is 0 Å². The minimum Gasteiger partial charge on any atom is -0.384 e. The number of rotatable bonds is 6. The van der Waals surface area contributed by atoms with Gasteiger partial charge in [0.2, 0.25) is 0 Å². The van der Waals surface area contributed by atoms with Crippen LogP contribution in [0.3, 0.4) is 0 Å². The summed E-state index contributed by atoms with van der Waals surface area (Å²) in [4.78, 5) is 4.46. The molecule has 3 rings (SSSR count). The predicted molar refractivity (Wildman–Crippen MR) is 115 cm³/mol. The van der Waals surface area contributed by atoms with E-state index in [1.165, 1.54) is 18.2 Å². The molecule has 2 aromatic rings. The Hall–Kier alpha value is -2.03. The summed E-state index contributed by atoms with van der Waals surface area (Å²) in [6, 6.07) is 10.6. The van der Waals surface area contributed by atoms with Crippen molar-refractivity contribution in [1.29, 1.82) is 0 Å². The van der Waals surface area contributed by atoms with Crippen LogP contribution in [-0.2, 0) is 10.0 Å². The Labute approximate surface area is 172 Å². The zero-order valence-corrected chi connectivity index (χ0v) is 17.6. The van der Waals surface area contributed by atoms with E-state index in [1.54, 1.807) is 6.07 Å². The lowest BCUT2D eigenvalue weighted by Crippen LogP contribution is -2.44. The Kier molecular flexibility index (Phi) is 7.51. The molecule has 154 valence electrons. The van der Waals surface area contributed by atoms with E-state index in [4.69, 9.17) is 0 Å². The first-order chi connectivity index (χ1) is 12.9. The molecular weight excluding hydrogens is 403 g/mol. The number of hydrogen-bond acceptors (Lipinski definition) is 5. The maximum Gasteiger partial charge on any atom is 0.262 e. The fourth-order valence-electron chi connectivity index (χ4n) is 3.06. The molecule has 0 bridgehead atoms. The molecule has 0 amide bonds. The van der Waals surface area contributed by atoms with Crippen LogP contribution in [0.2, 0.25) is 0 Å². The van der Waals surface area contributed by atoms with E-state index in [-0.39, 0.29) is 17.3 Å². The smallest absolute Gasteiger partial charge is 0.262 e. The first kappa shape index (κ1) is 22.3. The normalized spacial score (nSPS) is 15.0. The molecule has 0 spiro atoms. The van der Waals surface area contributed by atoms with Crippen LogP contribution in [0.15, 0.2) is 47.4 Å². The summed E-state index contributed by atoms with van der Waals surface area (Å²) >= 11 is 0. The minimum atomic E-state index is -3.87. The topological polar surface area (TPSA) is 64.7 Å². The molecule has 1 aliphatic heterocycles. The van der Waals surface area contributed by atoms with Crippen molar-refractivity contribution in [3.8, 4) is 0 Å². The first-order valence-electron chi connectivity index (χ1n) is 8.99.